The van der Waals surface area contributed by atoms with E-state index in [0.717, 1.165) is 11.1 Å². The summed E-state index contributed by atoms with van der Waals surface area (Å²) in [6, 6.07) is 20.9. The number of carbonyl (C=O) groups excluding carboxylic acids is 3. The van der Waals surface area contributed by atoms with Gasteiger partial charge in [0.25, 0.3) is 5.91 Å². The molecule has 0 bridgehead atoms. The van der Waals surface area contributed by atoms with Gasteiger partial charge in [-0.15, -0.1) is 0 Å². The highest BCUT2D eigenvalue weighted by Gasteiger charge is 2.32. The highest BCUT2D eigenvalue weighted by Crippen LogP contribution is 2.19. The Balaban J connectivity index is 1.36. The van der Waals surface area contributed by atoms with Crippen molar-refractivity contribution < 1.29 is 18.8 Å². The Kier molecular flexibility index (Phi) is 6.49. The summed E-state index contributed by atoms with van der Waals surface area (Å²) in [6.45, 7) is 3.21. The van der Waals surface area contributed by atoms with Crippen LogP contribution in [0.1, 0.15) is 27.0 Å². The fraction of sp³-hybridized carbons (Fsp3) is 0.192. The largest absolute Gasteiger partial charge is 0.328 e. The van der Waals surface area contributed by atoms with E-state index in [1.54, 1.807) is 48.2 Å². The SMILES string of the molecule is Cc1c(F)cccc1NC(=O)c1ccc(CN2CCN(Cc3ccccc3)C(=O)C2=O)cc1. The van der Waals surface area contributed by atoms with Crippen LogP contribution in [-0.2, 0) is 22.7 Å². The molecule has 0 saturated carbocycles. The Hall–Kier alpha value is -4.00. The Morgan fingerprint density at radius 3 is 2.00 bits per heavy atom. The predicted molar refractivity (Wildman–Crippen MR) is 123 cm³/mol. The van der Waals surface area contributed by atoms with Crippen LogP contribution in [0, 0.1) is 12.7 Å². The second-order valence-electron chi connectivity index (χ2n) is 8.00. The van der Waals surface area contributed by atoms with E-state index in [2.05, 4.69) is 5.32 Å². The van der Waals surface area contributed by atoms with Gasteiger partial charge in [0.2, 0.25) is 0 Å². The number of benzene rings is 3. The number of hydrogen-bond acceptors (Lipinski definition) is 3. The average molecular weight is 445 g/mol. The molecule has 168 valence electrons. The monoisotopic (exact) mass is 445 g/mol. The molecule has 0 aromatic heterocycles. The molecule has 0 radical (unpaired) electrons. The lowest BCUT2D eigenvalue weighted by molar-refractivity contribution is -0.156. The lowest BCUT2D eigenvalue weighted by Crippen LogP contribution is -2.53. The van der Waals surface area contributed by atoms with Crippen LogP contribution in [0.3, 0.4) is 0 Å². The van der Waals surface area contributed by atoms with Gasteiger partial charge in [-0.3, -0.25) is 14.4 Å². The molecular weight excluding hydrogens is 421 g/mol. The first-order valence-electron chi connectivity index (χ1n) is 10.7. The van der Waals surface area contributed by atoms with E-state index in [4.69, 9.17) is 0 Å². The zero-order valence-electron chi connectivity index (χ0n) is 18.3. The first kappa shape index (κ1) is 22.2. The number of anilines is 1. The molecular formula is C26H24FN3O3. The molecule has 1 fully saturated rings. The van der Waals surface area contributed by atoms with Gasteiger partial charge in [0, 0.05) is 43.0 Å². The number of halogens is 1. The maximum atomic E-state index is 13.7. The second kappa shape index (κ2) is 9.65. The molecule has 3 amide bonds. The normalized spacial score (nSPS) is 13.9. The van der Waals surface area contributed by atoms with Gasteiger partial charge in [-0.25, -0.2) is 4.39 Å². The number of carbonyl (C=O) groups is 3. The third-order valence-corrected chi connectivity index (χ3v) is 5.72. The molecule has 6 nitrogen and oxygen atoms in total. The molecule has 0 atom stereocenters. The smallest absolute Gasteiger partial charge is 0.312 e. The van der Waals surface area contributed by atoms with Gasteiger partial charge in [-0.05, 0) is 42.3 Å². The van der Waals surface area contributed by atoms with Crippen LogP contribution in [0.4, 0.5) is 10.1 Å². The van der Waals surface area contributed by atoms with E-state index in [-0.39, 0.29) is 18.3 Å². The molecule has 1 aliphatic rings. The van der Waals surface area contributed by atoms with Crippen LogP contribution in [0.2, 0.25) is 0 Å². The second-order valence-corrected chi connectivity index (χ2v) is 8.00. The fourth-order valence-electron chi connectivity index (χ4n) is 3.74. The predicted octanol–water partition coefficient (Wildman–Crippen LogP) is 3.76. The lowest BCUT2D eigenvalue weighted by atomic mass is 10.1. The Morgan fingerprint density at radius 1 is 0.818 bits per heavy atom. The van der Waals surface area contributed by atoms with E-state index in [1.165, 1.54) is 11.0 Å². The van der Waals surface area contributed by atoms with Crippen LogP contribution in [0.5, 0.6) is 0 Å². The molecule has 1 aliphatic heterocycles. The Labute approximate surface area is 191 Å². The fourth-order valence-corrected chi connectivity index (χ4v) is 3.74. The number of nitrogens with one attached hydrogen (secondary N) is 1. The van der Waals surface area contributed by atoms with Crippen LogP contribution in [0.25, 0.3) is 0 Å². The molecule has 1 N–H and O–H groups in total. The number of piperazine rings is 1. The average Bonchev–Trinajstić information content (AvgIpc) is 2.83. The molecule has 3 aromatic rings. The van der Waals surface area contributed by atoms with Gasteiger partial charge in [0.1, 0.15) is 5.82 Å². The molecule has 4 rings (SSSR count). The van der Waals surface area contributed by atoms with Crippen molar-refractivity contribution in [2.24, 2.45) is 0 Å². The molecule has 0 unspecified atom stereocenters. The van der Waals surface area contributed by atoms with Crippen LogP contribution in [-0.4, -0.2) is 40.6 Å². The van der Waals surface area contributed by atoms with Gasteiger partial charge >= 0.3 is 11.8 Å². The van der Waals surface area contributed by atoms with Crippen LogP contribution >= 0.6 is 0 Å². The summed E-state index contributed by atoms with van der Waals surface area (Å²) in [7, 11) is 0. The van der Waals surface area contributed by atoms with Crippen molar-refractivity contribution in [2.75, 3.05) is 18.4 Å². The highest BCUT2D eigenvalue weighted by atomic mass is 19.1. The molecule has 3 aromatic carbocycles. The van der Waals surface area contributed by atoms with Crippen LogP contribution < -0.4 is 5.32 Å². The minimum atomic E-state index is -0.527. The van der Waals surface area contributed by atoms with Gasteiger partial charge in [-0.2, -0.15) is 0 Å². The summed E-state index contributed by atoms with van der Waals surface area (Å²) in [5.41, 5.74) is 3.00. The molecule has 0 aliphatic carbocycles. The Bertz CT molecular complexity index is 1180. The van der Waals surface area contributed by atoms with Gasteiger partial charge in [0.15, 0.2) is 0 Å². The summed E-state index contributed by atoms with van der Waals surface area (Å²) in [5.74, 6) is -1.77. The van der Waals surface area contributed by atoms with Crippen molar-refractivity contribution in [3.63, 3.8) is 0 Å². The first-order valence-corrected chi connectivity index (χ1v) is 10.7. The van der Waals surface area contributed by atoms with Gasteiger partial charge in [-0.1, -0.05) is 48.5 Å². The summed E-state index contributed by atoms with van der Waals surface area (Å²) < 4.78 is 13.7. The maximum absolute atomic E-state index is 13.7. The highest BCUT2D eigenvalue weighted by molar-refractivity contribution is 6.35. The zero-order chi connectivity index (χ0) is 23.4. The molecule has 7 heteroatoms. The van der Waals surface area contributed by atoms with Crippen molar-refractivity contribution in [3.05, 3.63) is 101 Å². The van der Waals surface area contributed by atoms with E-state index < -0.39 is 11.8 Å². The summed E-state index contributed by atoms with van der Waals surface area (Å²) >= 11 is 0. The summed E-state index contributed by atoms with van der Waals surface area (Å²) in [5, 5.41) is 2.71. The van der Waals surface area contributed by atoms with Gasteiger partial charge in [0.05, 0.1) is 0 Å². The summed E-state index contributed by atoms with van der Waals surface area (Å²) in [4.78, 5) is 40.8. The summed E-state index contributed by atoms with van der Waals surface area (Å²) in [6.07, 6.45) is 0. The van der Waals surface area contributed by atoms with E-state index >= 15 is 0 Å². The maximum Gasteiger partial charge on any atom is 0.312 e. The van der Waals surface area contributed by atoms with E-state index in [1.807, 2.05) is 30.3 Å². The number of hydrogen-bond donors (Lipinski definition) is 1. The van der Waals surface area contributed by atoms with E-state index in [0.29, 0.717) is 36.4 Å². The Morgan fingerprint density at radius 2 is 1.39 bits per heavy atom. The quantitative estimate of drug-likeness (QED) is 0.588. The third kappa shape index (κ3) is 5.09. The first-order chi connectivity index (χ1) is 15.9. The number of rotatable bonds is 6. The van der Waals surface area contributed by atoms with Gasteiger partial charge < -0.3 is 15.1 Å². The number of amides is 3. The topological polar surface area (TPSA) is 69.7 Å². The van der Waals surface area contributed by atoms with Crippen molar-refractivity contribution in [3.8, 4) is 0 Å². The van der Waals surface area contributed by atoms with E-state index in [9.17, 15) is 18.8 Å². The molecule has 1 saturated heterocycles. The number of nitrogens with zero attached hydrogens (tertiary/aromatic N) is 2. The van der Waals surface area contributed by atoms with Crippen LogP contribution in [0.15, 0.2) is 72.8 Å². The zero-order valence-corrected chi connectivity index (χ0v) is 18.3. The molecule has 0 spiro atoms. The van der Waals surface area contributed by atoms with Crippen molar-refractivity contribution in [1.82, 2.24) is 9.80 Å². The minimum absolute atomic E-state index is 0.286. The van der Waals surface area contributed by atoms with Crippen molar-refractivity contribution in [2.45, 2.75) is 20.0 Å². The van der Waals surface area contributed by atoms with Crippen molar-refractivity contribution >= 4 is 23.4 Å². The third-order valence-electron chi connectivity index (χ3n) is 5.72. The molecule has 33 heavy (non-hydrogen) atoms. The minimum Gasteiger partial charge on any atom is -0.328 e. The lowest BCUT2D eigenvalue weighted by Gasteiger charge is -2.33. The standard InChI is InChI=1S/C26H24FN3O3/c1-18-22(27)8-5-9-23(18)28-24(31)21-12-10-20(11-13-21)17-30-15-14-29(25(32)26(30)33)16-19-6-3-2-4-7-19/h2-13H,14-17H2,1H3,(H,28,31). The van der Waals surface area contributed by atoms with Crippen molar-refractivity contribution in [1.29, 1.82) is 0 Å². The molecule has 1 heterocycles.